The maximum atomic E-state index is 8.81. The van der Waals surface area contributed by atoms with E-state index in [0.29, 0.717) is 11.2 Å². The number of hydrogen-bond acceptors (Lipinski definition) is 4. The fourth-order valence-corrected chi connectivity index (χ4v) is 1.97. The Hall–Kier alpha value is -2.87. The minimum atomic E-state index is 0.637. The average Bonchev–Trinajstić information content (AvgIpc) is 2.90. The first-order valence-electron chi connectivity index (χ1n) is 6.22. The Morgan fingerprint density at radius 1 is 1.05 bits per heavy atom. The Labute approximate surface area is 116 Å². The van der Waals surface area contributed by atoms with Gasteiger partial charge in [-0.1, -0.05) is 0 Å². The summed E-state index contributed by atoms with van der Waals surface area (Å²) in [5.74, 6) is 1.63. The van der Waals surface area contributed by atoms with Crippen LogP contribution in [0.25, 0.3) is 22.6 Å². The van der Waals surface area contributed by atoms with E-state index in [9.17, 15) is 0 Å². The number of anilines is 1. The fraction of sp³-hybridized carbons (Fsp3) is 0.133. The van der Waals surface area contributed by atoms with Crippen molar-refractivity contribution in [3.05, 3.63) is 42.0 Å². The molecule has 0 aliphatic carbocycles. The number of fused-ring (bicyclic) bond motifs is 1. The molecule has 0 aliphatic heterocycles. The van der Waals surface area contributed by atoms with Crippen molar-refractivity contribution >= 4 is 17.0 Å². The quantitative estimate of drug-likeness (QED) is 0.771. The van der Waals surface area contributed by atoms with Crippen LogP contribution in [0.2, 0.25) is 0 Å². The zero-order valence-electron chi connectivity index (χ0n) is 11.3. The monoisotopic (exact) mass is 263 g/mol. The summed E-state index contributed by atoms with van der Waals surface area (Å²) < 4.78 is 0. The van der Waals surface area contributed by atoms with E-state index < -0.39 is 0 Å². The van der Waals surface area contributed by atoms with E-state index in [1.807, 2.05) is 43.3 Å². The van der Waals surface area contributed by atoms with E-state index in [-0.39, 0.29) is 0 Å². The number of aromatic nitrogens is 3. The summed E-state index contributed by atoms with van der Waals surface area (Å²) in [7, 11) is 3.89. The molecule has 0 bridgehead atoms. The lowest BCUT2D eigenvalue weighted by Crippen LogP contribution is -2.10. The maximum Gasteiger partial charge on any atom is 0.180 e. The lowest BCUT2D eigenvalue weighted by molar-refractivity contribution is 1.08. The average molecular weight is 263 g/mol. The first-order chi connectivity index (χ1) is 9.67. The molecule has 20 heavy (non-hydrogen) atoms. The molecule has 0 atom stereocenters. The molecule has 1 N–H and O–H groups in total. The molecule has 98 valence electrons. The highest BCUT2D eigenvalue weighted by Crippen LogP contribution is 2.21. The Morgan fingerprint density at radius 2 is 1.80 bits per heavy atom. The number of imidazole rings is 1. The van der Waals surface area contributed by atoms with Crippen molar-refractivity contribution in [2.24, 2.45) is 0 Å². The largest absolute Gasteiger partial charge is 0.363 e. The van der Waals surface area contributed by atoms with Gasteiger partial charge in [0.15, 0.2) is 5.65 Å². The van der Waals surface area contributed by atoms with E-state index >= 15 is 0 Å². The zero-order valence-corrected chi connectivity index (χ0v) is 11.3. The van der Waals surface area contributed by atoms with Crippen LogP contribution in [0.4, 0.5) is 5.82 Å². The molecule has 2 heterocycles. The molecule has 0 aliphatic rings. The van der Waals surface area contributed by atoms with Gasteiger partial charge in [0.1, 0.15) is 11.6 Å². The smallest absolute Gasteiger partial charge is 0.180 e. The van der Waals surface area contributed by atoms with Crippen LogP contribution in [0.5, 0.6) is 0 Å². The number of benzene rings is 1. The summed E-state index contributed by atoms with van der Waals surface area (Å²) in [5.41, 5.74) is 3.16. The van der Waals surface area contributed by atoms with Gasteiger partial charge in [-0.15, -0.1) is 0 Å². The molecular formula is C15H13N5. The Balaban J connectivity index is 2.05. The van der Waals surface area contributed by atoms with Crippen molar-refractivity contribution in [3.8, 4) is 17.5 Å². The third-order valence-electron chi connectivity index (χ3n) is 3.08. The second-order valence-corrected chi connectivity index (χ2v) is 4.71. The normalized spacial score (nSPS) is 10.4. The summed E-state index contributed by atoms with van der Waals surface area (Å²) in [6.45, 7) is 0. The van der Waals surface area contributed by atoms with Crippen LogP contribution in [0.15, 0.2) is 36.4 Å². The number of aromatic amines is 1. The molecule has 5 heteroatoms. The van der Waals surface area contributed by atoms with Crippen molar-refractivity contribution in [3.63, 3.8) is 0 Å². The highest BCUT2D eigenvalue weighted by atomic mass is 15.1. The zero-order chi connectivity index (χ0) is 14.1. The molecule has 0 saturated carbocycles. The molecule has 3 aromatic rings. The SMILES string of the molecule is CN(C)c1ccc2[nH]c(-c3ccc(C#N)cc3)nc2n1. The highest BCUT2D eigenvalue weighted by molar-refractivity contribution is 5.77. The predicted octanol–water partition coefficient (Wildman–Crippen LogP) is 2.56. The summed E-state index contributed by atoms with van der Waals surface area (Å²) in [6, 6.07) is 13.3. The first kappa shape index (κ1) is 12.2. The summed E-state index contributed by atoms with van der Waals surface area (Å²) in [5, 5.41) is 8.81. The topological polar surface area (TPSA) is 68.6 Å². The molecule has 0 amide bonds. The number of rotatable bonds is 2. The second-order valence-electron chi connectivity index (χ2n) is 4.71. The van der Waals surface area contributed by atoms with Crippen molar-refractivity contribution in [2.45, 2.75) is 0 Å². The van der Waals surface area contributed by atoms with Crippen LogP contribution in [-0.4, -0.2) is 29.0 Å². The third kappa shape index (κ3) is 2.08. The van der Waals surface area contributed by atoms with E-state index in [4.69, 9.17) is 5.26 Å². The Kier molecular flexibility index (Phi) is 2.84. The van der Waals surface area contributed by atoms with E-state index in [1.165, 1.54) is 0 Å². The van der Waals surface area contributed by atoms with Gasteiger partial charge in [0, 0.05) is 19.7 Å². The van der Waals surface area contributed by atoms with Gasteiger partial charge >= 0.3 is 0 Å². The second kappa shape index (κ2) is 4.67. The first-order valence-corrected chi connectivity index (χ1v) is 6.22. The number of nitriles is 1. The maximum absolute atomic E-state index is 8.81. The van der Waals surface area contributed by atoms with Crippen molar-refractivity contribution in [2.75, 3.05) is 19.0 Å². The molecule has 3 rings (SSSR count). The van der Waals surface area contributed by atoms with Crippen molar-refractivity contribution in [1.29, 1.82) is 5.26 Å². The molecule has 5 nitrogen and oxygen atoms in total. The summed E-state index contributed by atoms with van der Waals surface area (Å²) in [4.78, 5) is 14.2. The predicted molar refractivity (Wildman–Crippen MR) is 78.4 cm³/mol. The lowest BCUT2D eigenvalue weighted by atomic mass is 10.1. The van der Waals surface area contributed by atoms with E-state index in [0.717, 1.165) is 22.7 Å². The molecule has 0 saturated heterocycles. The van der Waals surface area contributed by atoms with Crippen molar-refractivity contribution < 1.29 is 0 Å². The highest BCUT2D eigenvalue weighted by Gasteiger charge is 2.08. The van der Waals surface area contributed by atoms with Crippen molar-refractivity contribution in [1.82, 2.24) is 15.0 Å². The Morgan fingerprint density at radius 3 is 2.45 bits per heavy atom. The summed E-state index contributed by atoms with van der Waals surface area (Å²) in [6.07, 6.45) is 0. The molecule has 0 spiro atoms. The number of H-pyrrole nitrogens is 1. The van der Waals surface area contributed by atoms with E-state index in [1.54, 1.807) is 12.1 Å². The fourth-order valence-electron chi connectivity index (χ4n) is 1.97. The van der Waals surface area contributed by atoms with Crippen LogP contribution < -0.4 is 4.90 Å². The summed E-state index contributed by atoms with van der Waals surface area (Å²) >= 11 is 0. The number of pyridine rings is 1. The molecule has 1 aromatic carbocycles. The number of nitrogens with one attached hydrogen (secondary N) is 1. The van der Waals surface area contributed by atoms with Gasteiger partial charge in [-0.05, 0) is 36.4 Å². The standard InChI is InChI=1S/C15H13N5/c1-20(2)13-8-7-12-15(18-13)19-14(17-12)11-5-3-10(9-16)4-6-11/h3-8H,1-2H3,(H,17,18,19). The molecular weight excluding hydrogens is 250 g/mol. The van der Waals surface area contributed by atoms with Gasteiger partial charge in [-0.2, -0.15) is 5.26 Å². The lowest BCUT2D eigenvalue weighted by Gasteiger charge is -2.09. The van der Waals surface area contributed by atoms with Crippen LogP contribution >= 0.6 is 0 Å². The number of hydrogen-bond donors (Lipinski definition) is 1. The number of nitrogens with zero attached hydrogens (tertiary/aromatic N) is 4. The van der Waals surface area contributed by atoms with Gasteiger partial charge in [-0.25, -0.2) is 9.97 Å². The minimum Gasteiger partial charge on any atom is -0.363 e. The van der Waals surface area contributed by atoms with E-state index in [2.05, 4.69) is 21.0 Å². The van der Waals surface area contributed by atoms with Crippen LogP contribution in [-0.2, 0) is 0 Å². The van der Waals surface area contributed by atoms with Crippen LogP contribution in [0, 0.1) is 11.3 Å². The molecule has 0 radical (unpaired) electrons. The molecule has 0 fully saturated rings. The third-order valence-corrected chi connectivity index (χ3v) is 3.08. The molecule has 0 unspecified atom stereocenters. The van der Waals surface area contributed by atoms with Gasteiger partial charge < -0.3 is 9.88 Å². The molecule has 2 aromatic heterocycles. The minimum absolute atomic E-state index is 0.637. The van der Waals surface area contributed by atoms with Gasteiger partial charge in [-0.3, -0.25) is 0 Å². The van der Waals surface area contributed by atoms with Gasteiger partial charge in [0.05, 0.1) is 17.1 Å². The van der Waals surface area contributed by atoms with Gasteiger partial charge in [0.25, 0.3) is 0 Å². The Bertz CT molecular complexity index is 793. The van der Waals surface area contributed by atoms with Gasteiger partial charge in [0.2, 0.25) is 0 Å². The van der Waals surface area contributed by atoms with Crippen LogP contribution in [0.1, 0.15) is 5.56 Å². The van der Waals surface area contributed by atoms with Crippen LogP contribution in [0.3, 0.4) is 0 Å².